The van der Waals surface area contributed by atoms with E-state index < -0.39 is 24.0 Å². The summed E-state index contributed by atoms with van der Waals surface area (Å²) in [5, 5.41) is 18.6. The summed E-state index contributed by atoms with van der Waals surface area (Å²) < 4.78 is 0. The second kappa shape index (κ2) is 5.33. The highest BCUT2D eigenvalue weighted by Crippen LogP contribution is 2.21. The van der Waals surface area contributed by atoms with E-state index >= 15 is 0 Å². The Labute approximate surface area is 109 Å². The molecule has 1 amide bonds. The summed E-state index contributed by atoms with van der Waals surface area (Å²) >= 11 is 0. The number of likely N-dealkylation sites (tertiary alicyclic amines) is 1. The fourth-order valence-electron chi connectivity index (χ4n) is 2.16. The fraction of sp³-hybridized carbons (Fsp3) is 0.417. The van der Waals surface area contributed by atoms with Crippen LogP contribution >= 0.6 is 0 Å². The lowest BCUT2D eigenvalue weighted by Crippen LogP contribution is -2.40. The molecule has 1 aliphatic rings. The van der Waals surface area contributed by atoms with Crippen molar-refractivity contribution in [3.05, 3.63) is 29.6 Å². The Morgan fingerprint density at radius 2 is 2.26 bits per heavy atom. The number of carboxylic acid groups (broad SMARTS) is 1. The largest absolute Gasteiger partial charge is 0.480 e. The number of β-amino-alcohol motifs (C(OH)–C–C–N with tert-alkyl or cyclic N) is 1. The van der Waals surface area contributed by atoms with E-state index in [1.165, 1.54) is 23.2 Å². The van der Waals surface area contributed by atoms with Crippen molar-refractivity contribution in [3.8, 4) is 0 Å². The molecule has 2 heterocycles. The van der Waals surface area contributed by atoms with Crippen molar-refractivity contribution in [2.45, 2.75) is 25.1 Å². The average Bonchev–Trinajstić information content (AvgIpc) is 2.80. The standard InChI is InChI=1S/C12H15N3O4/c13-5-8-3-7(1-2-14-8)11(17)15-6-9(16)4-10(15)12(18)19/h1-3,9-10,16H,4-6,13H2,(H,18,19)/t9-,10+/m1/s1. The number of amides is 1. The number of aliphatic hydroxyl groups excluding tert-OH is 1. The second-order valence-electron chi connectivity index (χ2n) is 4.44. The number of aromatic nitrogens is 1. The van der Waals surface area contributed by atoms with E-state index in [0.29, 0.717) is 11.3 Å². The van der Waals surface area contributed by atoms with Crippen molar-refractivity contribution in [2.24, 2.45) is 5.73 Å². The Bertz CT molecular complexity index is 506. The number of aliphatic hydroxyl groups is 1. The van der Waals surface area contributed by atoms with Crippen molar-refractivity contribution in [1.82, 2.24) is 9.88 Å². The lowest BCUT2D eigenvalue weighted by atomic mass is 10.1. The zero-order chi connectivity index (χ0) is 14.0. The first kappa shape index (κ1) is 13.4. The van der Waals surface area contributed by atoms with Gasteiger partial charge in [-0.15, -0.1) is 0 Å². The summed E-state index contributed by atoms with van der Waals surface area (Å²) in [6.45, 7) is 0.224. The van der Waals surface area contributed by atoms with E-state index in [4.69, 9.17) is 10.8 Å². The molecule has 0 spiro atoms. The highest BCUT2D eigenvalue weighted by Gasteiger charge is 2.39. The average molecular weight is 265 g/mol. The minimum Gasteiger partial charge on any atom is -0.480 e. The van der Waals surface area contributed by atoms with Crippen LogP contribution in [0.5, 0.6) is 0 Å². The van der Waals surface area contributed by atoms with E-state index in [2.05, 4.69) is 4.98 Å². The summed E-state index contributed by atoms with van der Waals surface area (Å²) in [4.78, 5) is 28.5. The zero-order valence-electron chi connectivity index (χ0n) is 10.2. The van der Waals surface area contributed by atoms with Crippen LogP contribution in [0.15, 0.2) is 18.3 Å². The molecule has 7 heteroatoms. The molecule has 1 aliphatic heterocycles. The van der Waals surface area contributed by atoms with Gasteiger partial charge in [0, 0.05) is 31.3 Å². The molecule has 4 N–H and O–H groups in total. The van der Waals surface area contributed by atoms with Crippen LogP contribution in [0, 0.1) is 0 Å². The molecule has 1 aromatic rings. The number of hydrogen-bond donors (Lipinski definition) is 3. The number of hydrogen-bond acceptors (Lipinski definition) is 5. The molecule has 1 aromatic heterocycles. The summed E-state index contributed by atoms with van der Waals surface area (Å²) in [5.41, 5.74) is 6.33. The van der Waals surface area contributed by atoms with Gasteiger partial charge in [-0.25, -0.2) is 4.79 Å². The van der Waals surface area contributed by atoms with Gasteiger partial charge in [0.15, 0.2) is 0 Å². The molecule has 1 saturated heterocycles. The number of nitrogens with two attached hydrogens (primary N) is 1. The van der Waals surface area contributed by atoms with Gasteiger partial charge in [-0.2, -0.15) is 0 Å². The van der Waals surface area contributed by atoms with Gasteiger partial charge in [0.1, 0.15) is 6.04 Å². The van der Waals surface area contributed by atoms with E-state index in [1.54, 1.807) is 0 Å². The first-order chi connectivity index (χ1) is 9.02. The minimum absolute atomic E-state index is 0.0239. The van der Waals surface area contributed by atoms with Gasteiger partial charge in [0.2, 0.25) is 0 Å². The van der Waals surface area contributed by atoms with Gasteiger partial charge in [-0.3, -0.25) is 9.78 Å². The Hall–Kier alpha value is -1.99. The number of pyridine rings is 1. The molecule has 102 valence electrons. The van der Waals surface area contributed by atoms with Crippen LogP contribution in [0.1, 0.15) is 22.5 Å². The van der Waals surface area contributed by atoms with Crippen molar-refractivity contribution in [1.29, 1.82) is 0 Å². The van der Waals surface area contributed by atoms with E-state index in [9.17, 15) is 14.7 Å². The molecule has 0 aliphatic carbocycles. The van der Waals surface area contributed by atoms with E-state index in [1.807, 2.05) is 0 Å². The smallest absolute Gasteiger partial charge is 0.326 e. The predicted octanol–water partition coefficient (Wildman–Crippen LogP) is -0.800. The van der Waals surface area contributed by atoms with Gasteiger partial charge in [0.05, 0.1) is 11.8 Å². The number of carbonyl (C=O) groups is 2. The maximum Gasteiger partial charge on any atom is 0.326 e. The SMILES string of the molecule is NCc1cc(C(=O)N2C[C@H](O)C[C@H]2C(=O)O)ccn1. The summed E-state index contributed by atoms with van der Waals surface area (Å²) in [5.74, 6) is -1.54. The third-order valence-electron chi connectivity index (χ3n) is 3.10. The van der Waals surface area contributed by atoms with Crippen LogP contribution in [-0.2, 0) is 11.3 Å². The molecule has 19 heavy (non-hydrogen) atoms. The lowest BCUT2D eigenvalue weighted by molar-refractivity contribution is -0.141. The van der Waals surface area contributed by atoms with Gasteiger partial charge in [-0.05, 0) is 12.1 Å². The van der Waals surface area contributed by atoms with E-state index in [0.717, 1.165) is 0 Å². The maximum atomic E-state index is 12.3. The molecule has 2 atom stereocenters. The van der Waals surface area contributed by atoms with Crippen molar-refractivity contribution >= 4 is 11.9 Å². The van der Waals surface area contributed by atoms with Gasteiger partial charge >= 0.3 is 5.97 Å². The molecule has 0 radical (unpaired) electrons. The summed E-state index contributed by atoms with van der Waals surface area (Å²) in [7, 11) is 0. The molecule has 2 rings (SSSR count). The second-order valence-corrected chi connectivity index (χ2v) is 4.44. The summed E-state index contributed by atoms with van der Waals surface area (Å²) in [6, 6.07) is 2.05. The molecular weight excluding hydrogens is 250 g/mol. The lowest BCUT2D eigenvalue weighted by Gasteiger charge is -2.21. The van der Waals surface area contributed by atoms with Crippen LogP contribution in [0.2, 0.25) is 0 Å². The Morgan fingerprint density at radius 1 is 1.53 bits per heavy atom. The predicted molar refractivity (Wildman–Crippen MR) is 65.2 cm³/mol. The third kappa shape index (κ3) is 2.72. The zero-order valence-corrected chi connectivity index (χ0v) is 10.2. The topological polar surface area (TPSA) is 117 Å². The quantitative estimate of drug-likeness (QED) is 0.658. The van der Waals surface area contributed by atoms with Crippen molar-refractivity contribution < 1.29 is 19.8 Å². The van der Waals surface area contributed by atoms with Crippen LogP contribution in [-0.4, -0.2) is 50.7 Å². The Balaban J connectivity index is 2.24. The Morgan fingerprint density at radius 3 is 2.89 bits per heavy atom. The van der Waals surface area contributed by atoms with Crippen LogP contribution in [0.3, 0.4) is 0 Å². The Kier molecular flexibility index (Phi) is 3.77. The number of nitrogens with zero attached hydrogens (tertiary/aromatic N) is 2. The first-order valence-corrected chi connectivity index (χ1v) is 5.89. The third-order valence-corrected chi connectivity index (χ3v) is 3.10. The molecule has 0 bridgehead atoms. The minimum atomic E-state index is -1.11. The van der Waals surface area contributed by atoms with Gasteiger partial charge in [-0.1, -0.05) is 0 Å². The van der Waals surface area contributed by atoms with Crippen LogP contribution < -0.4 is 5.73 Å². The number of rotatable bonds is 3. The van der Waals surface area contributed by atoms with Crippen molar-refractivity contribution in [2.75, 3.05) is 6.54 Å². The normalized spacial score (nSPS) is 22.5. The fourth-order valence-corrected chi connectivity index (χ4v) is 2.16. The highest BCUT2D eigenvalue weighted by atomic mass is 16.4. The number of aliphatic carboxylic acids is 1. The van der Waals surface area contributed by atoms with Gasteiger partial charge in [0.25, 0.3) is 5.91 Å². The first-order valence-electron chi connectivity index (χ1n) is 5.89. The maximum absolute atomic E-state index is 12.3. The summed E-state index contributed by atoms with van der Waals surface area (Å²) in [6.07, 6.45) is 0.703. The van der Waals surface area contributed by atoms with Gasteiger partial charge < -0.3 is 20.8 Å². The van der Waals surface area contributed by atoms with E-state index in [-0.39, 0.29) is 19.5 Å². The van der Waals surface area contributed by atoms with Crippen molar-refractivity contribution in [3.63, 3.8) is 0 Å². The highest BCUT2D eigenvalue weighted by molar-refractivity contribution is 5.97. The molecule has 1 fully saturated rings. The monoisotopic (exact) mass is 265 g/mol. The molecule has 0 saturated carbocycles. The molecule has 7 nitrogen and oxygen atoms in total. The number of carbonyl (C=O) groups excluding carboxylic acids is 1. The molecular formula is C12H15N3O4. The van der Waals surface area contributed by atoms with Crippen LogP contribution in [0.4, 0.5) is 0 Å². The number of carboxylic acids is 1. The van der Waals surface area contributed by atoms with Crippen LogP contribution in [0.25, 0.3) is 0 Å². The molecule has 0 aromatic carbocycles. The molecule has 0 unspecified atom stereocenters.